The van der Waals surface area contributed by atoms with E-state index in [1.165, 1.54) is 0 Å². The van der Waals surface area contributed by atoms with E-state index in [4.69, 9.17) is 9.52 Å². The van der Waals surface area contributed by atoms with Crippen LogP contribution in [0.15, 0.2) is 51.7 Å². The van der Waals surface area contributed by atoms with Crippen molar-refractivity contribution in [1.82, 2.24) is 14.9 Å². The average Bonchev–Trinajstić information content (AvgIpc) is 3.17. The van der Waals surface area contributed by atoms with Gasteiger partial charge in [0.1, 0.15) is 18.2 Å². The van der Waals surface area contributed by atoms with Crippen LogP contribution < -0.4 is 5.56 Å². The van der Waals surface area contributed by atoms with E-state index < -0.39 is 0 Å². The molecule has 7 heteroatoms. The summed E-state index contributed by atoms with van der Waals surface area (Å²) in [6.45, 7) is 0.400. The Kier molecular flexibility index (Phi) is 4.14. The number of amides is 1. The summed E-state index contributed by atoms with van der Waals surface area (Å²) in [7, 11) is 0. The summed E-state index contributed by atoms with van der Waals surface area (Å²) in [6.07, 6.45) is 0.437. The lowest BCUT2D eigenvalue weighted by atomic mass is 10.1. The van der Waals surface area contributed by atoms with E-state index in [1.54, 1.807) is 17.0 Å². The number of rotatable bonds is 3. The zero-order valence-electron chi connectivity index (χ0n) is 13.9. The van der Waals surface area contributed by atoms with Gasteiger partial charge in [0.15, 0.2) is 5.76 Å². The molecule has 7 nitrogen and oxygen atoms in total. The van der Waals surface area contributed by atoms with Crippen LogP contribution in [0.1, 0.15) is 27.6 Å². The minimum absolute atomic E-state index is 0.165. The minimum atomic E-state index is -0.279. The molecule has 0 aliphatic carbocycles. The third-order valence-electron chi connectivity index (χ3n) is 4.44. The van der Waals surface area contributed by atoms with Gasteiger partial charge >= 0.3 is 0 Å². The van der Waals surface area contributed by atoms with E-state index >= 15 is 0 Å². The van der Waals surface area contributed by atoms with Gasteiger partial charge in [0.2, 0.25) is 0 Å². The van der Waals surface area contributed by atoms with Gasteiger partial charge in [-0.1, -0.05) is 30.3 Å². The van der Waals surface area contributed by atoms with Crippen LogP contribution in [0.4, 0.5) is 0 Å². The zero-order chi connectivity index (χ0) is 18.1. The molecule has 0 fully saturated rings. The van der Waals surface area contributed by atoms with E-state index in [0.29, 0.717) is 35.8 Å². The summed E-state index contributed by atoms with van der Waals surface area (Å²) in [5, 5.41) is 9.08. The fraction of sp³-hybridized carbons (Fsp3) is 0.211. The van der Waals surface area contributed by atoms with Crippen molar-refractivity contribution < 1.29 is 14.3 Å². The fourth-order valence-electron chi connectivity index (χ4n) is 3.08. The Balaban J connectivity index is 1.64. The minimum Gasteiger partial charge on any atom is -0.453 e. The van der Waals surface area contributed by atoms with E-state index in [-0.39, 0.29) is 30.4 Å². The highest BCUT2D eigenvalue weighted by atomic mass is 16.4. The molecular weight excluding hydrogens is 334 g/mol. The smallest absolute Gasteiger partial charge is 0.289 e. The van der Waals surface area contributed by atoms with Crippen molar-refractivity contribution in [3.05, 3.63) is 75.6 Å². The van der Waals surface area contributed by atoms with Crippen molar-refractivity contribution in [2.24, 2.45) is 0 Å². The Morgan fingerprint density at radius 2 is 2.04 bits per heavy atom. The maximum atomic E-state index is 12.6. The first-order valence-electron chi connectivity index (χ1n) is 8.32. The Morgan fingerprint density at radius 1 is 1.23 bits per heavy atom. The molecule has 2 N–H and O–H groups in total. The van der Waals surface area contributed by atoms with Crippen molar-refractivity contribution >= 4 is 5.91 Å². The molecule has 132 valence electrons. The highest BCUT2D eigenvalue weighted by molar-refractivity contribution is 5.91. The van der Waals surface area contributed by atoms with Crippen LogP contribution in [-0.2, 0) is 19.6 Å². The number of H-pyrrole nitrogens is 1. The molecule has 26 heavy (non-hydrogen) atoms. The molecule has 0 atom stereocenters. The number of aromatic amines is 1. The Morgan fingerprint density at radius 3 is 2.77 bits per heavy atom. The number of aliphatic hydroxyl groups excluding tert-OH is 1. The normalized spacial score (nSPS) is 13.5. The molecule has 1 aliphatic heterocycles. The van der Waals surface area contributed by atoms with Crippen LogP contribution in [0.3, 0.4) is 0 Å². The summed E-state index contributed by atoms with van der Waals surface area (Å²) in [5.41, 5.74) is 1.86. The molecule has 1 amide bonds. The summed E-state index contributed by atoms with van der Waals surface area (Å²) in [5.74, 6) is 0.722. The van der Waals surface area contributed by atoms with Crippen molar-refractivity contribution in [3.63, 3.8) is 0 Å². The quantitative estimate of drug-likeness (QED) is 0.748. The lowest BCUT2D eigenvalue weighted by Crippen LogP contribution is -2.39. The standard InChI is InChI=1S/C19H17N3O4/c23-11-13-6-7-16(26-13)19(25)22-9-8-14-15(10-22)20-17(21-18(14)24)12-4-2-1-3-5-12/h1-7,23H,8-11H2,(H,20,21,24). The van der Waals surface area contributed by atoms with Gasteiger partial charge in [-0.15, -0.1) is 0 Å². The van der Waals surface area contributed by atoms with Crippen LogP contribution in [0, 0.1) is 0 Å². The third kappa shape index (κ3) is 2.93. The number of furan rings is 1. The topological polar surface area (TPSA) is 99.4 Å². The monoisotopic (exact) mass is 351 g/mol. The fourth-order valence-corrected chi connectivity index (χ4v) is 3.08. The number of nitrogens with zero attached hydrogens (tertiary/aromatic N) is 2. The van der Waals surface area contributed by atoms with Gasteiger partial charge in [-0.05, 0) is 18.6 Å². The van der Waals surface area contributed by atoms with Crippen LogP contribution in [0.2, 0.25) is 0 Å². The van der Waals surface area contributed by atoms with Crippen molar-refractivity contribution in [1.29, 1.82) is 0 Å². The maximum absolute atomic E-state index is 12.6. The van der Waals surface area contributed by atoms with Crippen LogP contribution in [-0.4, -0.2) is 32.4 Å². The molecule has 0 bridgehead atoms. The predicted octanol–water partition coefficient (Wildman–Crippen LogP) is 1.72. The average molecular weight is 351 g/mol. The van der Waals surface area contributed by atoms with Crippen molar-refractivity contribution in [2.45, 2.75) is 19.6 Å². The second-order valence-corrected chi connectivity index (χ2v) is 6.11. The first-order valence-corrected chi connectivity index (χ1v) is 8.32. The molecule has 4 rings (SSSR count). The molecule has 3 heterocycles. The van der Waals surface area contributed by atoms with Gasteiger partial charge in [-0.2, -0.15) is 0 Å². The number of aliphatic hydroxyl groups is 1. The highest BCUT2D eigenvalue weighted by Crippen LogP contribution is 2.20. The van der Waals surface area contributed by atoms with E-state index in [0.717, 1.165) is 5.56 Å². The van der Waals surface area contributed by atoms with Gasteiger partial charge < -0.3 is 19.4 Å². The number of hydrogen-bond donors (Lipinski definition) is 2. The number of benzene rings is 1. The second-order valence-electron chi connectivity index (χ2n) is 6.11. The number of fused-ring (bicyclic) bond motifs is 1. The molecule has 0 spiro atoms. The molecule has 1 aromatic carbocycles. The Labute approximate surface area is 148 Å². The molecule has 0 saturated heterocycles. The first-order chi connectivity index (χ1) is 12.7. The van der Waals surface area contributed by atoms with Gasteiger partial charge in [0.05, 0.1) is 12.2 Å². The molecule has 0 saturated carbocycles. The molecule has 0 unspecified atom stereocenters. The molecule has 3 aromatic rings. The van der Waals surface area contributed by atoms with Gasteiger partial charge in [0.25, 0.3) is 11.5 Å². The van der Waals surface area contributed by atoms with E-state index in [9.17, 15) is 9.59 Å². The summed E-state index contributed by atoms with van der Waals surface area (Å²) >= 11 is 0. The van der Waals surface area contributed by atoms with Crippen molar-refractivity contribution in [3.8, 4) is 11.4 Å². The third-order valence-corrected chi connectivity index (χ3v) is 4.44. The predicted molar refractivity (Wildman–Crippen MR) is 93.4 cm³/mol. The van der Waals surface area contributed by atoms with E-state index in [2.05, 4.69) is 9.97 Å². The molecule has 2 aromatic heterocycles. The first kappa shape index (κ1) is 16.3. The number of carbonyl (C=O) groups is 1. The molecular formula is C19H17N3O4. The van der Waals surface area contributed by atoms with Gasteiger partial charge in [-0.3, -0.25) is 9.59 Å². The Bertz CT molecular complexity index is 1010. The molecule has 0 radical (unpaired) electrons. The molecule has 1 aliphatic rings. The zero-order valence-corrected chi connectivity index (χ0v) is 13.9. The summed E-state index contributed by atoms with van der Waals surface area (Å²) < 4.78 is 5.32. The largest absolute Gasteiger partial charge is 0.453 e. The second kappa shape index (κ2) is 6.61. The van der Waals surface area contributed by atoms with Gasteiger partial charge in [-0.25, -0.2) is 4.98 Å². The van der Waals surface area contributed by atoms with Crippen LogP contribution in [0.25, 0.3) is 11.4 Å². The Hall–Kier alpha value is -3.19. The SMILES string of the molecule is O=C(c1ccc(CO)o1)N1CCc2c(nc(-c3ccccc3)[nH]c2=O)C1. The summed E-state index contributed by atoms with van der Waals surface area (Å²) in [6, 6.07) is 12.5. The van der Waals surface area contributed by atoms with Gasteiger partial charge in [0, 0.05) is 17.7 Å². The summed E-state index contributed by atoms with van der Waals surface area (Å²) in [4.78, 5) is 34.0. The maximum Gasteiger partial charge on any atom is 0.289 e. The van der Waals surface area contributed by atoms with E-state index in [1.807, 2.05) is 30.3 Å². The lowest BCUT2D eigenvalue weighted by molar-refractivity contribution is 0.0694. The number of nitrogens with one attached hydrogen (secondary N) is 1. The number of carbonyl (C=O) groups excluding carboxylic acids is 1. The van der Waals surface area contributed by atoms with Crippen LogP contribution in [0.5, 0.6) is 0 Å². The number of aromatic nitrogens is 2. The number of hydrogen-bond acceptors (Lipinski definition) is 5. The van der Waals surface area contributed by atoms with Crippen molar-refractivity contribution in [2.75, 3.05) is 6.54 Å². The van der Waals surface area contributed by atoms with Crippen LogP contribution >= 0.6 is 0 Å². The highest BCUT2D eigenvalue weighted by Gasteiger charge is 2.27. The lowest BCUT2D eigenvalue weighted by Gasteiger charge is -2.27.